The van der Waals surface area contributed by atoms with Crippen LogP contribution in [0.25, 0.3) is 0 Å². The second-order valence-electron chi connectivity index (χ2n) is 8.57. The number of aromatic nitrogens is 1. The van der Waals surface area contributed by atoms with E-state index in [0.717, 1.165) is 23.4 Å². The lowest BCUT2D eigenvalue weighted by Crippen LogP contribution is -2.59. The molecule has 8 heteroatoms. The average Bonchev–Trinajstić information content (AvgIpc) is 2.67. The van der Waals surface area contributed by atoms with Gasteiger partial charge in [0.1, 0.15) is 17.0 Å². The minimum absolute atomic E-state index is 0. The maximum absolute atomic E-state index is 13.2. The first kappa shape index (κ1) is 27.2. The summed E-state index contributed by atoms with van der Waals surface area (Å²) in [6.07, 6.45) is 0.469. The highest BCUT2D eigenvalue weighted by Gasteiger charge is 2.41. The van der Waals surface area contributed by atoms with Crippen LogP contribution in [0.1, 0.15) is 44.1 Å². The topological polar surface area (TPSA) is 91.8 Å². The Balaban J connectivity index is 0.00000512. The van der Waals surface area contributed by atoms with Gasteiger partial charge in [-0.25, -0.2) is 4.79 Å². The molecule has 32 heavy (non-hydrogen) atoms. The number of phenols is 1. The zero-order valence-corrected chi connectivity index (χ0v) is 20.5. The van der Waals surface area contributed by atoms with E-state index in [2.05, 4.69) is 24.1 Å². The van der Waals surface area contributed by atoms with E-state index in [4.69, 9.17) is 4.74 Å². The molecule has 1 aromatic carbocycles. The van der Waals surface area contributed by atoms with Crippen molar-refractivity contribution in [3.05, 3.63) is 53.3 Å². The summed E-state index contributed by atoms with van der Waals surface area (Å²) in [5.74, 6) is 0.712. The first-order chi connectivity index (χ1) is 14.5. The highest BCUT2D eigenvalue weighted by atomic mass is 35.5. The third kappa shape index (κ3) is 7.41. The normalized spacial score (nSPS) is 12.5. The van der Waals surface area contributed by atoms with Gasteiger partial charge in [0.05, 0.1) is 0 Å². The minimum Gasteiger partial charge on any atom is -0.508 e. The number of hydrogen-bond acceptors (Lipinski definition) is 5. The van der Waals surface area contributed by atoms with Crippen LogP contribution in [0.2, 0.25) is 0 Å². The maximum Gasteiger partial charge on any atom is 0.415 e. The molecular formula is C24H34ClN3O4. The number of nitrogens with zero attached hydrogens (tertiary/aromatic N) is 2. The van der Waals surface area contributed by atoms with Crippen molar-refractivity contribution in [3.8, 4) is 11.5 Å². The van der Waals surface area contributed by atoms with Gasteiger partial charge in [-0.05, 0) is 50.8 Å². The molecule has 0 aliphatic heterocycles. The van der Waals surface area contributed by atoms with Crippen molar-refractivity contribution in [1.29, 1.82) is 0 Å². The van der Waals surface area contributed by atoms with Crippen molar-refractivity contribution in [1.82, 2.24) is 15.2 Å². The molecule has 0 fully saturated rings. The molecular weight excluding hydrogens is 430 g/mol. The number of hydrogen-bond donors (Lipinski definition) is 2. The van der Waals surface area contributed by atoms with Crippen molar-refractivity contribution in [2.24, 2.45) is 5.92 Å². The summed E-state index contributed by atoms with van der Waals surface area (Å²) in [5, 5.41) is 12.5. The van der Waals surface area contributed by atoms with E-state index in [0.29, 0.717) is 18.2 Å². The molecule has 176 valence electrons. The highest BCUT2D eigenvalue weighted by Crippen LogP contribution is 2.24. The second kappa shape index (κ2) is 11.7. The number of pyridine rings is 1. The number of aryl methyl sites for hydroxylation is 2. The third-order valence-corrected chi connectivity index (χ3v) is 5.26. The van der Waals surface area contributed by atoms with Crippen LogP contribution in [-0.4, -0.2) is 46.1 Å². The van der Waals surface area contributed by atoms with E-state index in [1.165, 1.54) is 4.90 Å². The lowest BCUT2D eigenvalue weighted by atomic mass is 9.90. The summed E-state index contributed by atoms with van der Waals surface area (Å²) in [4.78, 5) is 31.8. The van der Waals surface area contributed by atoms with Crippen LogP contribution in [0, 0.1) is 19.8 Å². The Morgan fingerprint density at radius 1 is 1.16 bits per heavy atom. The number of nitrogens with one attached hydrogen (secondary N) is 1. The predicted molar refractivity (Wildman–Crippen MR) is 127 cm³/mol. The van der Waals surface area contributed by atoms with Crippen molar-refractivity contribution in [2.45, 2.75) is 53.0 Å². The highest BCUT2D eigenvalue weighted by molar-refractivity contribution is 5.90. The molecule has 7 nitrogen and oxygen atoms in total. The van der Waals surface area contributed by atoms with E-state index in [-0.39, 0.29) is 30.5 Å². The number of aromatic hydroxyl groups is 1. The van der Waals surface area contributed by atoms with Gasteiger partial charge in [0.15, 0.2) is 0 Å². The van der Waals surface area contributed by atoms with Crippen molar-refractivity contribution >= 4 is 24.4 Å². The molecule has 0 saturated heterocycles. The summed E-state index contributed by atoms with van der Waals surface area (Å²) in [7, 11) is 1.56. The number of amides is 2. The van der Waals surface area contributed by atoms with Gasteiger partial charge in [0.2, 0.25) is 5.91 Å². The molecule has 0 unspecified atom stereocenters. The van der Waals surface area contributed by atoms with Crippen LogP contribution in [0.5, 0.6) is 11.5 Å². The van der Waals surface area contributed by atoms with Crippen LogP contribution in [0.3, 0.4) is 0 Å². The number of carbonyl (C=O) groups is 2. The predicted octanol–water partition coefficient (Wildman–Crippen LogP) is 4.42. The van der Waals surface area contributed by atoms with Gasteiger partial charge in [-0.3, -0.25) is 14.7 Å². The molecule has 0 bridgehead atoms. The molecule has 0 spiro atoms. The maximum atomic E-state index is 13.2. The van der Waals surface area contributed by atoms with E-state index in [1.807, 2.05) is 13.8 Å². The number of rotatable bonds is 8. The van der Waals surface area contributed by atoms with Crippen molar-refractivity contribution < 1.29 is 19.4 Å². The molecule has 1 aromatic heterocycles. The van der Waals surface area contributed by atoms with Crippen LogP contribution in [0.4, 0.5) is 4.79 Å². The van der Waals surface area contributed by atoms with Gasteiger partial charge >= 0.3 is 6.09 Å². The van der Waals surface area contributed by atoms with E-state index in [9.17, 15) is 14.7 Å². The second-order valence-corrected chi connectivity index (χ2v) is 8.57. The van der Waals surface area contributed by atoms with E-state index in [1.54, 1.807) is 50.4 Å². The zero-order valence-electron chi connectivity index (χ0n) is 19.6. The molecule has 1 atom stereocenters. The molecule has 0 aliphatic rings. The lowest BCUT2D eigenvalue weighted by Gasteiger charge is -2.37. The van der Waals surface area contributed by atoms with E-state index < -0.39 is 11.6 Å². The summed E-state index contributed by atoms with van der Waals surface area (Å²) < 4.78 is 5.56. The van der Waals surface area contributed by atoms with Gasteiger partial charge in [-0.15, -0.1) is 12.4 Å². The Kier molecular flexibility index (Phi) is 9.97. The SMILES string of the molecule is Cc1cc(OC(=O)N(C)[C@@](C)(Cc2ccc(O)cc2)C(=O)NCCC(C)C)cc(C)n1.Cl. The number of benzene rings is 1. The van der Waals surface area contributed by atoms with Crippen molar-refractivity contribution in [2.75, 3.05) is 13.6 Å². The molecule has 2 N–H and O–H groups in total. The first-order valence-electron chi connectivity index (χ1n) is 10.5. The Hall–Kier alpha value is -2.80. The molecule has 0 aliphatic carbocycles. The summed E-state index contributed by atoms with van der Waals surface area (Å²) in [6.45, 7) is 10.1. The number of phenolic OH excluding ortho intramolecular Hbond substituents is 1. The fraction of sp³-hybridized carbons (Fsp3) is 0.458. The Labute approximate surface area is 196 Å². The number of ether oxygens (including phenoxy) is 1. The zero-order chi connectivity index (χ0) is 23.2. The Morgan fingerprint density at radius 3 is 2.25 bits per heavy atom. The summed E-state index contributed by atoms with van der Waals surface area (Å²) >= 11 is 0. The molecule has 2 amide bonds. The van der Waals surface area contributed by atoms with Gasteiger partial charge in [0, 0.05) is 43.5 Å². The molecule has 0 saturated carbocycles. The smallest absolute Gasteiger partial charge is 0.415 e. The number of carbonyl (C=O) groups excluding carboxylic acids is 2. The molecule has 1 heterocycles. The first-order valence-corrected chi connectivity index (χ1v) is 10.5. The Morgan fingerprint density at radius 2 is 1.72 bits per heavy atom. The van der Waals surface area contributed by atoms with Crippen LogP contribution in [-0.2, 0) is 11.2 Å². The lowest BCUT2D eigenvalue weighted by molar-refractivity contribution is -0.130. The quantitative estimate of drug-likeness (QED) is 0.604. The van der Waals surface area contributed by atoms with Crippen LogP contribution >= 0.6 is 12.4 Å². The fourth-order valence-corrected chi connectivity index (χ4v) is 3.25. The van der Waals surface area contributed by atoms with Gasteiger partial charge < -0.3 is 15.2 Å². The molecule has 2 rings (SSSR count). The molecule has 0 radical (unpaired) electrons. The van der Waals surface area contributed by atoms with Gasteiger partial charge in [-0.1, -0.05) is 26.0 Å². The monoisotopic (exact) mass is 463 g/mol. The van der Waals surface area contributed by atoms with Crippen LogP contribution in [0.15, 0.2) is 36.4 Å². The summed E-state index contributed by atoms with van der Waals surface area (Å²) in [5.41, 5.74) is 1.10. The van der Waals surface area contributed by atoms with Gasteiger partial charge in [-0.2, -0.15) is 0 Å². The minimum atomic E-state index is -1.19. The molecule has 2 aromatic rings. The Bertz CT molecular complexity index is 898. The fourth-order valence-electron chi connectivity index (χ4n) is 3.25. The van der Waals surface area contributed by atoms with Crippen molar-refractivity contribution in [3.63, 3.8) is 0 Å². The third-order valence-electron chi connectivity index (χ3n) is 5.26. The average molecular weight is 464 g/mol. The summed E-state index contributed by atoms with van der Waals surface area (Å²) in [6, 6.07) is 9.96. The number of likely N-dealkylation sites (N-methyl/N-ethyl adjacent to an activating group) is 1. The standard InChI is InChI=1S/C24H33N3O4.ClH/c1-16(2)11-12-25-22(29)24(5,15-19-7-9-20(28)10-8-19)27(6)23(30)31-21-13-17(3)26-18(4)14-21;/h7-10,13-14,16,28H,11-12,15H2,1-6H3,(H,25,29);1H/t24-;/m0./s1. The van der Waals surface area contributed by atoms with Crippen LogP contribution < -0.4 is 10.1 Å². The number of halogens is 1. The van der Waals surface area contributed by atoms with Gasteiger partial charge in [0.25, 0.3) is 0 Å². The van der Waals surface area contributed by atoms with E-state index >= 15 is 0 Å². The largest absolute Gasteiger partial charge is 0.508 e.